The first-order valence-corrected chi connectivity index (χ1v) is 10.3. The van der Waals surface area contributed by atoms with Crippen molar-refractivity contribution < 1.29 is 9.53 Å². The molecular weight excluding hydrogens is 464 g/mol. The van der Waals surface area contributed by atoms with Crippen LogP contribution < -0.4 is 10.1 Å². The van der Waals surface area contributed by atoms with Crippen LogP contribution in [0.5, 0.6) is 5.75 Å². The summed E-state index contributed by atoms with van der Waals surface area (Å²) in [7, 11) is 0. The molecule has 0 saturated carbocycles. The highest BCUT2D eigenvalue weighted by atomic mass is 79.9. The van der Waals surface area contributed by atoms with Crippen molar-refractivity contribution >= 4 is 45.2 Å². The van der Waals surface area contributed by atoms with Crippen molar-refractivity contribution in [3.8, 4) is 11.8 Å². The quantitative estimate of drug-likeness (QED) is 0.321. The lowest BCUT2D eigenvalue weighted by Crippen LogP contribution is -2.13. The van der Waals surface area contributed by atoms with Crippen LogP contribution in [0.15, 0.2) is 76.8 Å². The van der Waals surface area contributed by atoms with Gasteiger partial charge in [0.25, 0.3) is 5.91 Å². The molecule has 3 aromatic rings. The molecule has 0 unspecified atom stereocenters. The number of nitrogens with zero attached hydrogens (tertiary/aromatic N) is 1. The van der Waals surface area contributed by atoms with Crippen LogP contribution in [0.4, 0.5) is 5.69 Å². The van der Waals surface area contributed by atoms with Crippen LogP contribution in [0.3, 0.4) is 0 Å². The molecule has 0 fully saturated rings. The normalized spacial score (nSPS) is 10.9. The third-order valence-corrected chi connectivity index (χ3v) is 5.22. The Morgan fingerprint density at radius 3 is 2.63 bits per heavy atom. The molecule has 3 aromatic carbocycles. The minimum atomic E-state index is -0.501. The third kappa shape index (κ3) is 5.96. The van der Waals surface area contributed by atoms with Crippen LogP contribution in [-0.2, 0) is 11.4 Å². The van der Waals surface area contributed by atoms with E-state index in [1.165, 1.54) is 6.08 Å². The number of carbonyl (C=O) groups is 1. The standard InChI is InChI=1S/C24H18BrClN2O2/c1-16-5-10-21(13-23(16)26)28-24(29)19(14-27)11-18-3-2-4-22(12-18)30-15-17-6-8-20(25)9-7-17/h2-13H,15H2,1H3,(H,28,29)/b19-11-. The summed E-state index contributed by atoms with van der Waals surface area (Å²) in [5.74, 6) is 0.147. The molecule has 6 heteroatoms. The monoisotopic (exact) mass is 480 g/mol. The second-order valence-corrected chi connectivity index (χ2v) is 7.90. The lowest BCUT2D eigenvalue weighted by Gasteiger charge is -2.08. The predicted molar refractivity (Wildman–Crippen MR) is 123 cm³/mol. The van der Waals surface area contributed by atoms with Crippen molar-refractivity contribution in [1.82, 2.24) is 0 Å². The number of aryl methyl sites for hydroxylation is 1. The number of ether oxygens (including phenoxy) is 1. The van der Waals surface area contributed by atoms with Gasteiger partial charge in [-0.2, -0.15) is 5.26 Å². The second kappa shape index (κ2) is 10.1. The molecular formula is C24H18BrClN2O2. The molecule has 0 aliphatic rings. The zero-order valence-electron chi connectivity index (χ0n) is 16.2. The van der Waals surface area contributed by atoms with Crippen molar-refractivity contribution in [3.05, 3.63) is 98.5 Å². The molecule has 150 valence electrons. The van der Waals surface area contributed by atoms with Gasteiger partial charge in [-0.25, -0.2) is 0 Å². The summed E-state index contributed by atoms with van der Waals surface area (Å²) in [5.41, 5.74) is 3.15. The van der Waals surface area contributed by atoms with Crippen LogP contribution in [0.25, 0.3) is 6.08 Å². The molecule has 0 aliphatic carbocycles. The summed E-state index contributed by atoms with van der Waals surface area (Å²) in [6.45, 7) is 2.29. The van der Waals surface area contributed by atoms with Gasteiger partial charge in [0.15, 0.2) is 0 Å². The Morgan fingerprint density at radius 2 is 1.93 bits per heavy atom. The van der Waals surface area contributed by atoms with Crippen molar-refractivity contribution in [2.45, 2.75) is 13.5 Å². The summed E-state index contributed by atoms with van der Waals surface area (Å²) >= 11 is 9.50. The average Bonchev–Trinajstić information content (AvgIpc) is 2.74. The van der Waals surface area contributed by atoms with Crippen molar-refractivity contribution in [1.29, 1.82) is 5.26 Å². The van der Waals surface area contributed by atoms with E-state index in [0.29, 0.717) is 28.6 Å². The molecule has 0 heterocycles. The second-order valence-electron chi connectivity index (χ2n) is 6.58. The maximum atomic E-state index is 12.5. The highest BCUT2D eigenvalue weighted by Crippen LogP contribution is 2.21. The highest BCUT2D eigenvalue weighted by Gasteiger charge is 2.10. The van der Waals surface area contributed by atoms with E-state index in [-0.39, 0.29) is 5.57 Å². The Bertz CT molecular complexity index is 1130. The summed E-state index contributed by atoms with van der Waals surface area (Å²) in [5, 5.41) is 12.7. The number of benzene rings is 3. The first-order valence-electron chi connectivity index (χ1n) is 9.11. The van der Waals surface area contributed by atoms with E-state index in [2.05, 4.69) is 21.2 Å². The number of carbonyl (C=O) groups excluding carboxylic acids is 1. The fourth-order valence-electron chi connectivity index (χ4n) is 2.63. The van der Waals surface area contributed by atoms with Crippen LogP contribution in [0.1, 0.15) is 16.7 Å². The summed E-state index contributed by atoms with van der Waals surface area (Å²) in [6.07, 6.45) is 1.53. The van der Waals surface area contributed by atoms with Gasteiger partial charge in [-0.05, 0) is 66.1 Å². The summed E-state index contributed by atoms with van der Waals surface area (Å²) in [4.78, 5) is 12.5. The van der Waals surface area contributed by atoms with Gasteiger partial charge in [0.2, 0.25) is 0 Å². The molecule has 30 heavy (non-hydrogen) atoms. The zero-order valence-corrected chi connectivity index (χ0v) is 18.5. The fourth-order valence-corrected chi connectivity index (χ4v) is 3.07. The SMILES string of the molecule is Cc1ccc(NC(=O)/C(C#N)=C\c2cccc(OCc3ccc(Br)cc3)c2)cc1Cl. The van der Waals surface area contributed by atoms with Gasteiger partial charge in [-0.15, -0.1) is 0 Å². The van der Waals surface area contributed by atoms with Crippen molar-refractivity contribution in [2.75, 3.05) is 5.32 Å². The van der Waals surface area contributed by atoms with Crippen LogP contribution >= 0.6 is 27.5 Å². The van der Waals surface area contributed by atoms with E-state index in [1.54, 1.807) is 30.3 Å². The number of nitrogens with one attached hydrogen (secondary N) is 1. The number of anilines is 1. The first-order chi connectivity index (χ1) is 14.4. The van der Waals surface area contributed by atoms with Crippen molar-refractivity contribution in [2.24, 2.45) is 0 Å². The number of nitriles is 1. The van der Waals surface area contributed by atoms with Gasteiger partial charge < -0.3 is 10.1 Å². The van der Waals surface area contributed by atoms with E-state index in [0.717, 1.165) is 15.6 Å². The molecule has 0 radical (unpaired) electrons. The van der Waals surface area contributed by atoms with Crippen molar-refractivity contribution in [3.63, 3.8) is 0 Å². The van der Waals surface area contributed by atoms with Gasteiger partial charge in [0, 0.05) is 15.2 Å². The maximum Gasteiger partial charge on any atom is 0.266 e. The largest absolute Gasteiger partial charge is 0.489 e. The lowest BCUT2D eigenvalue weighted by atomic mass is 10.1. The molecule has 0 atom stereocenters. The minimum absolute atomic E-state index is 0.0169. The molecule has 0 spiro atoms. The highest BCUT2D eigenvalue weighted by molar-refractivity contribution is 9.10. The third-order valence-electron chi connectivity index (χ3n) is 4.28. The van der Waals surface area contributed by atoms with Gasteiger partial charge >= 0.3 is 0 Å². The van der Waals surface area contributed by atoms with E-state index >= 15 is 0 Å². The molecule has 4 nitrogen and oxygen atoms in total. The number of rotatable bonds is 6. The minimum Gasteiger partial charge on any atom is -0.489 e. The van der Waals surface area contributed by atoms with E-state index in [4.69, 9.17) is 16.3 Å². The molecule has 3 rings (SSSR count). The summed E-state index contributed by atoms with van der Waals surface area (Å²) < 4.78 is 6.83. The number of hydrogen-bond donors (Lipinski definition) is 1. The van der Waals surface area contributed by atoms with Crippen LogP contribution in [-0.4, -0.2) is 5.91 Å². The predicted octanol–water partition coefficient (Wildman–Crippen LogP) is 6.54. The van der Waals surface area contributed by atoms with E-state index in [1.807, 2.05) is 49.4 Å². The van der Waals surface area contributed by atoms with Gasteiger partial charge in [-0.3, -0.25) is 4.79 Å². The van der Waals surface area contributed by atoms with Gasteiger partial charge in [-0.1, -0.05) is 57.9 Å². The Hall–Kier alpha value is -3.07. The first kappa shape index (κ1) is 21.6. The Balaban J connectivity index is 1.71. The molecule has 0 bridgehead atoms. The smallest absolute Gasteiger partial charge is 0.266 e. The van der Waals surface area contributed by atoms with Crippen LogP contribution in [0.2, 0.25) is 5.02 Å². The van der Waals surface area contributed by atoms with Gasteiger partial charge in [0.1, 0.15) is 24.0 Å². The Kier molecular flexibility index (Phi) is 7.29. The van der Waals surface area contributed by atoms with E-state index < -0.39 is 5.91 Å². The maximum absolute atomic E-state index is 12.5. The molecule has 1 N–H and O–H groups in total. The summed E-state index contributed by atoms with van der Waals surface area (Å²) in [6, 6.07) is 22.2. The molecule has 1 amide bonds. The fraction of sp³-hybridized carbons (Fsp3) is 0.0833. The number of amides is 1. The Labute approximate surface area is 188 Å². The van der Waals surface area contributed by atoms with Gasteiger partial charge in [0.05, 0.1) is 0 Å². The number of halogens is 2. The van der Waals surface area contributed by atoms with E-state index in [9.17, 15) is 10.1 Å². The zero-order chi connectivity index (χ0) is 21.5. The molecule has 0 aromatic heterocycles. The molecule has 0 saturated heterocycles. The number of hydrogen-bond acceptors (Lipinski definition) is 3. The van der Waals surface area contributed by atoms with Crippen LogP contribution in [0, 0.1) is 18.3 Å². The lowest BCUT2D eigenvalue weighted by molar-refractivity contribution is -0.112. The molecule has 0 aliphatic heterocycles. The average molecular weight is 482 g/mol. The topological polar surface area (TPSA) is 62.1 Å². The Morgan fingerprint density at radius 1 is 1.17 bits per heavy atom.